The number of hydrogen-bond acceptors (Lipinski definition) is 7. The van der Waals surface area contributed by atoms with Gasteiger partial charge in [0.1, 0.15) is 11.4 Å². The minimum Gasteiger partial charge on any atom is -0.378 e. The quantitative estimate of drug-likeness (QED) is 0.345. The van der Waals surface area contributed by atoms with Crippen molar-refractivity contribution in [2.45, 2.75) is 4.90 Å². The van der Waals surface area contributed by atoms with E-state index < -0.39 is 14.8 Å². The van der Waals surface area contributed by atoms with Gasteiger partial charge in [0.05, 0.1) is 9.82 Å². The fourth-order valence-corrected chi connectivity index (χ4v) is 3.44. The van der Waals surface area contributed by atoms with Gasteiger partial charge in [-0.2, -0.15) is 0 Å². The topological polar surface area (TPSA) is 131 Å². The zero-order chi connectivity index (χ0) is 21.0. The first-order valence-electron chi connectivity index (χ1n) is 8.61. The lowest BCUT2D eigenvalue weighted by Crippen LogP contribution is -2.29. The smallest absolute Gasteiger partial charge is 0.293 e. The number of anilines is 1. The van der Waals surface area contributed by atoms with Crippen LogP contribution in [0, 0.1) is 10.1 Å². The minimum atomic E-state index is -3.56. The molecule has 1 heterocycles. The molecule has 9 nitrogen and oxygen atoms in total. The largest absolute Gasteiger partial charge is 0.378 e. The molecule has 0 unspecified atom stereocenters. The lowest BCUT2D eigenvalue weighted by atomic mass is 10.1. The summed E-state index contributed by atoms with van der Waals surface area (Å²) in [6.07, 6.45) is 2.54. The van der Waals surface area contributed by atoms with Gasteiger partial charge in [-0.1, -0.05) is 24.3 Å². The molecular weight excluding hydrogens is 396 g/mol. The summed E-state index contributed by atoms with van der Waals surface area (Å²) >= 11 is 0. The average molecular weight is 414 g/mol. The first kappa shape index (κ1) is 20.2. The van der Waals surface area contributed by atoms with Crippen molar-refractivity contribution in [1.29, 1.82) is 0 Å². The van der Waals surface area contributed by atoms with Gasteiger partial charge in [0.25, 0.3) is 11.6 Å². The molecule has 0 radical (unpaired) electrons. The third kappa shape index (κ3) is 4.66. The van der Waals surface area contributed by atoms with Crippen LogP contribution in [0.25, 0.3) is 10.8 Å². The number of carbonyl (C=O) groups excluding carboxylic acids is 1. The number of pyridine rings is 1. The highest BCUT2D eigenvalue weighted by Gasteiger charge is 2.18. The fourth-order valence-electron chi connectivity index (χ4n) is 2.80. The van der Waals surface area contributed by atoms with Crippen molar-refractivity contribution < 1.29 is 18.1 Å². The van der Waals surface area contributed by atoms with Crippen molar-refractivity contribution in [3.05, 3.63) is 70.5 Å². The third-order valence-electron chi connectivity index (χ3n) is 4.21. The van der Waals surface area contributed by atoms with E-state index in [2.05, 4.69) is 15.6 Å². The number of nitro groups is 1. The van der Waals surface area contributed by atoms with E-state index >= 15 is 0 Å². The van der Waals surface area contributed by atoms with Crippen LogP contribution in [0.5, 0.6) is 0 Å². The average Bonchev–Trinajstić information content (AvgIpc) is 2.69. The van der Waals surface area contributed by atoms with Gasteiger partial charge < -0.3 is 10.6 Å². The third-order valence-corrected chi connectivity index (χ3v) is 5.32. The van der Waals surface area contributed by atoms with E-state index in [0.717, 1.165) is 23.1 Å². The molecule has 10 heteroatoms. The van der Waals surface area contributed by atoms with Gasteiger partial charge in [0, 0.05) is 37.0 Å². The number of nitrogens with zero attached hydrogens (tertiary/aromatic N) is 2. The Bertz CT molecular complexity index is 1190. The molecule has 0 saturated heterocycles. The van der Waals surface area contributed by atoms with Gasteiger partial charge in [-0.05, 0) is 23.6 Å². The Morgan fingerprint density at radius 2 is 1.90 bits per heavy atom. The van der Waals surface area contributed by atoms with Crippen LogP contribution in [-0.2, 0) is 9.84 Å². The number of nitro benzene ring substituents is 1. The van der Waals surface area contributed by atoms with Crippen LogP contribution in [0.2, 0.25) is 0 Å². The fraction of sp³-hybridized carbons (Fsp3) is 0.158. The molecular formula is C19H18N4O5S. The summed E-state index contributed by atoms with van der Waals surface area (Å²) in [6, 6.07) is 12.8. The van der Waals surface area contributed by atoms with Crippen LogP contribution in [0.1, 0.15) is 10.5 Å². The lowest BCUT2D eigenvalue weighted by Gasteiger charge is -2.10. The summed E-state index contributed by atoms with van der Waals surface area (Å²) in [7, 11) is -3.56. The Labute approximate surface area is 166 Å². The summed E-state index contributed by atoms with van der Waals surface area (Å²) in [6.45, 7) is 0.393. The predicted octanol–water partition coefficient (Wildman–Crippen LogP) is 2.39. The Balaban J connectivity index is 1.66. The molecule has 0 spiro atoms. The summed E-state index contributed by atoms with van der Waals surface area (Å²) in [5.41, 5.74) is 0.112. The van der Waals surface area contributed by atoms with Crippen LogP contribution < -0.4 is 10.6 Å². The van der Waals surface area contributed by atoms with Crippen LogP contribution in [0.15, 0.2) is 59.6 Å². The zero-order valence-electron chi connectivity index (χ0n) is 15.5. The second-order valence-corrected chi connectivity index (χ2v) is 8.29. The van der Waals surface area contributed by atoms with Crippen LogP contribution in [0.3, 0.4) is 0 Å². The van der Waals surface area contributed by atoms with Crippen molar-refractivity contribution in [2.24, 2.45) is 0 Å². The summed E-state index contributed by atoms with van der Waals surface area (Å²) in [4.78, 5) is 27.0. The molecule has 3 rings (SSSR count). The van der Waals surface area contributed by atoms with Gasteiger partial charge in [0.2, 0.25) is 0 Å². The highest BCUT2D eigenvalue weighted by atomic mass is 32.2. The number of sulfone groups is 1. The molecule has 0 bridgehead atoms. The molecule has 0 aliphatic carbocycles. The minimum absolute atomic E-state index is 0.134. The number of amides is 1. The molecule has 2 aromatic carbocycles. The number of hydrogen-bond donors (Lipinski definition) is 2. The maximum atomic E-state index is 12.4. The second kappa shape index (κ2) is 8.23. The molecule has 3 aromatic rings. The van der Waals surface area contributed by atoms with Gasteiger partial charge in [0.15, 0.2) is 9.84 Å². The molecule has 0 aliphatic heterocycles. The van der Waals surface area contributed by atoms with Crippen molar-refractivity contribution in [3.8, 4) is 0 Å². The number of aromatic nitrogens is 1. The van der Waals surface area contributed by atoms with Crippen molar-refractivity contribution in [2.75, 3.05) is 24.7 Å². The maximum Gasteiger partial charge on any atom is 0.293 e. The predicted molar refractivity (Wildman–Crippen MR) is 109 cm³/mol. The van der Waals surface area contributed by atoms with Crippen LogP contribution >= 0.6 is 0 Å². The Kier molecular flexibility index (Phi) is 5.74. The van der Waals surface area contributed by atoms with Crippen molar-refractivity contribution in [1.82, 2.24) is 10.3 Å². The number of rotatable bonds is 7. The van der Waals surface area contributed by atoms with Gasteiger partial charge in [-0.3, -0.25) is 19.9 Å². The molecule has 0 atom stereocenters. The molecule has 0 saturated carbocycles. The monoisotopic (exact) mass is 414 g/mol. The molecule has 0 fully saturated rings. The van der Waals surface area contributed by atoms with E-state index in [1.807, 2.05) is 30.3 Å². The van der Waals surface area contributed by atoms with Gasteiger partial charge >= 0.3 is 0 Å². The first-order valence-corrected chi connectivity index (χ1v) is 10.5. The van der Waals surface area contributed by atoms with Crippen molar-refractivity contribution >= 4 is 37.9 Å². The Hall–Kier alpha value is -3.53. The number of benzene rings is 2. The molecule has 2 N–H and O–H groups in total. The second-order valence-electron chi connectivity index (χ2n) is 6.27. The SMILES string of the molecule is CS(=O)(=O)c1ccc(NCCNC(=O)c2nccc3ccccc23)c([N+](=O)[O-])c1. The lowest BCUT2D eigenvalue weighted by molar-refractivity contribution is -0.384. The van der Waals surface area contributed by atoms with E-state index in [9.17, 15) is 23.3 Å². The van der Waals surface area contributed by atoms with Crippen LogP contribution in [0.4, 0.5) is 11.4 Å². The molecule has 29 heavy (non-hydrogen) atoms. The van der Waals surface area contributed by atoms with E-state index in [1.54, 1.807) is 6.20 Å². The highest BCUT2D eigenvalue weighted by Crippen LogP contribution is 2.27. The summed E-state index contributed by atoms with van der Waals surface area (Å²) in [5, 5.41) is 18.4. The number of nitrogens with one attached hydrogen (secondary N) is 2. The zero-order valence-corrected chi connectivity index (χ0v) is 16.3. The molecule has 1 amide bonds. The number of carbonyl (C=O) groups is 1. The first-order chi connectivity index (χ1) is 13.8. The van der Waals surface area contributed by atoms with E-state index in [-0.39, 0.29) is 35.3 Å². The normalized spacial score (nSPS) is 11.2. The van der Waals surface area contributed by atoms with E-state index in [1.165, 1.54) is 12.1 Å². The van der Waals surface area contributed by atoms with Crippen molar-refractivity contribution in [3.63, 3.8) is 0 Å². The Morgan fingerprint density at radius 1 is 1.14 bits per heavy atom. The van der Waals surface area contributed by atoms with Gasteiger partial charge in [-0.25, -0.2) is 8.42 Å². The maximum absolute atomic E-state index is 12.4. The Morgan fingerprint density at radius 3 is 2.62 bits per heavy atom. The van der Waals surface area contributed by atoms with E-state index in [0.29, 0.717) is 5.69 Å². The van der Waals surface area contributed by atoms with Gasteiger partial charge in [-0.15, -0.1) is 0 Å². The standard InChI is InChI=1S/C19H18N4O5S/c1-29(27,28)14-6-7-16(17(12-14)23(25)26)20-10-11-22-19(24)18-15-5-3-2-4-13(15)8-9-21-18/h2-9,12,20H,10-11H2,1H3,(H,22,24). The molecule has 1 aromatic heterocycles. The summed E-state index contributed by atoms with van der Waals surface area (Å²) in [5.74, 6) is -0.356. The highest BCUT2D eigenvalue weighted by molar-refractivity contribution is 7.90. The number of fused-ring (bicyclic) bond motifs is 1. The molecule has 0 aliphatic rings. The molecule has 150 valence electrons. The summed E-state index contributed by atoms with van der Waals surface area (Å²) < 4.78 is 23.2. The van der Waals surface area contributed by atoms with Crippen LogP contribution in [-0.4, -0.2) is 43.6 Å². The van der Waals surface area contributed by atoms with E-state index in [4.69, 9.17) is 0 Å².